The Balaban J connectivity index is 3.22. The standard InChI is InChI=1S/C16H24F6O3/c1-9-6-10(2)11(7-9)8-14(15(17,18)19,16(20,21)22)25-12(23)24-13(3,4)5/h9-11H,6-8H2,1-5H3. The van der Waals surface area contributed by atoms with E-state index in [0.717, 1.165) is 0 Å². The third kappa shape index (κ3) is 5.17. The van der Waals surface area contributed by atoms with Gasteiger partial charge in [0, 0.05) is 6.42 Å². The van der Waals surface area contributed by atoms with Gasteiger partial charge >= 0.3 is 24.1 Å². The topological polar surface area (TPSA) is 35.5 Å². The second kappa shape index (κ2) is 6.87. The molecule has 9 heteroatoms. The third-order valence-corrected chi connectivity index (χ3v) is 4.40. The van der Waals surface area contributed by atoms with E-state index in [1.807, 2.05) is 0 Å². The smallest absolute Gasteiger partial charge is 0.429 e. The molecular formula is C16H24F6O3. The molecule has 0 bridgehead atoms. The Morgan fingerprint density at radius 2 is 1.40 bits per heavy atom. The zero-order chi connectivity index (χ0) is 19.8. The second-order valence-electron chi connectivity index (χ2n) is 7.91. The zero-order valence-corrected chi connectivity index (χ0v) is 14.8. The van der Waals surface area contributed by atoms with E-state index in [1.165, 1.54) is 20.8 Å². The van der Waals surface area contributed by atoms with Gasteiger partial charge in [-0.2, -0.15) is 26.3 Å². The van der Waals surface area contributed by atoms with Crippen LogP contribution < -0.4 is 0 Å². The molecule has 1 saturated carbocycles. The Labute approximate surface area is 143 Å². The number of ether oxygens (including phenoxy) is 2. The van der Waals surface area contributed by atoms with Crippen molar-refractivity contribution >= 4 is 6.16 Å². The molecule has 0 radical (unpaired) electrons. The van der Waals surface area contributed by atoms with Crippen molar-refractivity contribution in [3.8, 4) is 0 Å². The number of rotatable bonds is 3. The SMILES string of the molecule is CC1CC(C)C(CC(OC(=O)OC(C)(C)C)(C(F)(F)F)C(F)(F)F)C1. The number of hydrogen-bond donors (Lipinski definition) is 0. The third-order valence-electron chi connectivity index (χ3n) is 4.40. The molecule has 0 amide bonds. The maximum absolute atomic E-state index is 13.5. The molecule has 0 spiro atoms. The lowest BCUT2D eigenvalue weighted by atomic mass is 9.83. The lowest BCUT2D eigenvalue weighted by molar-refractivity contribution is -0.374. The number of alkyl halides is 6. The first kappa shape index (κ1) is 21.9. The quantitative estimate of drug-likeness (QED) is 0.455. The predicted molar refractivity (Wildman–Crippen MR) is 77.8 cm³/mol. The summed E-state index contributed by atoms with van der Waals surface area (Å²) < 4.78 is 89.4. The van der Waals surface area contributed by atoms with E-state index in [9.17, 15) is 31.1 Å². The highest BCUT2D eigenvalue weighted by Crippen LogP contribution is 2.53. The molecule has 3 atom stereocenters. The van der Waals surface area contributed by atoms with E-state index >= 15 is 0 Å². The van der Waals surface area contributed by atoms with Gasteiger partial charge in [-0.05, 0) is 51.4 Å². The van der Waals surface area contributed by atoms with Crippen LogP contribution in [0, 0.1) is 17.8 Å². The first-order valence-electron chi connectivity index (χ1n) is 8.04. The van der Waals surface area contributed by atoms with Gasteiger partial charge in [0.05, 0.1) is 0 Å². The van der Waals surface area contributed by atoms with Crippen LogP contribution in [0.25, 0.3) is 0 Å². The second-order valence-corrected chi connectivity index (χ2v) is 7.91. The van der Waals surface area contributed by atoms with Crippen LogP contribution in [0.5, 0.6) is 0 Å². The molecular weight excluding hydrogens is 354 g/mol. The van der Waals surface area contributed by atoms with Crippen molar-refractivity contribution in [3.05, 3.63) is 0 Å². The highest BCUT2D eigenvalue weighted by atomic mass is 19.4. The summed E-state index contributed by atoms with van der Waals surface area (Å²) in [6.07, 6.45) is -14.2. The summed E-state index contributed by atoms with van der Waals surface area (Å²) in [5.74, 6) is -1.18. The molecule has 3 nitrogen and oxygen atoms in total. The van der Waals surface area contributed by atoms with Gasteiger partial charge < -0.3 is 9.47 Å². The monoisotopic (exact) mass is 378 g/mol. The maximum atomic E-state index is 13.5. The molecule has 3 unspecified atom stereocenters. The van der Waals surface area contributed by atoms with E-state index in [2.05, 4.69) is 9.47 Å². The van der Waals surface area contributed by atoms with Crippen LogP contribution in [0.1, 0.15) is 53.9 Å². The van der Waals surface area contributed by atoms with Crippen LogP contribution >= 0.6 is 0 Å². The predicted octanol–water partition coefficient (Wildman–Crippen LogP) is 5.87. The summed E-state index contributed by atoms with van der Waals surface area (Å²) in [5.41, 5.74) is -5.86. The molecule has 1 aliphatic rings. The molecule has 0 N–H and O–H groups in total. The fourth-order valence-corrected chi connectivity index (χ4v) is 3.29. The zero-order valence-electron chi connectivity index (χ0n) is 14.8. The molecule has 1 rings (SSSR count). The minimum Gasteiger partial charge on any atom is -0.429 e. The van der Waals surface area contributed by atoms with Crippen LogP contribution in [0.2, 0.25) is 0 Å². The average molecular weight is 378 g/mol. The molecule has 1 fully saturated rings. The molecule has 25 heavy (non-hydrogen) atoms. The molecule has 0 saturated heterocycles. The van der Waals surface area contributed by atoms with Crippen LogP contribution in [0.3, 0.4) is 0 Å². The summed E-state index contributed by atoms with van der Waals surface area (Å²) in [7, 11) is 0. The molecule has 0 aromatic heterocycles. The average Bonchev–Trinajstić information content (AvgIpc) is 2.61. The van der Waals surface area contributed by atoms with Crippen molar-refractivity contribution in [1.82, 2.24) is 0 Å². The number of carbonyl (C=O) groups is 1. The highest BCUT2D eigenvalue weighted by Gasteiger charge is 2.75. The Kier molecular flexibility index (Phi) is 6.02. The van der Waals surface area contributed by atoms with Gasteiger partial charge in [0.25, 0.3) is 0 Å². The molecule has 0 aliphatic heterocycles. The van der Waals surface area contributed by atoms with Gasteiger partial charge in [-0.15, -0.1) is 0 Å². The number of hydrogen-bond acceptors (Lipinski definition) is 3. The van der Waals surface area contributed by atoms with Gasteiger partial charge in [0.15, 0.2) is 0 Å². The van der Waals surface area contributed by atoms with E-state index in [4.69, 9.17) is 0 Å². The Morgan fingerprint density at radius 1 is 0.920 bits per heavy atom. The largest absolute Gasteiger partial charge is 0.510 e. The fourth-order valence-electron chi connectivity index (χ4n) is 3.29. The Hall–Kier alpha value is -1.15. The van der Waals surface area contributed by atoms with E-state index in [0.29, 0.717) is 6.42 Å². The van der Waals surface area contributed by atoms with Crippen LogP contribution in [-0.4, -0.2) is 29.7 Å². The van der Waals surface area contributed by atoms with Gasteiger partial charge in [-0.25, -0.2) is 4.79 Å². The molecule has 0 aromatic carbocycles. The van der Waals surface area contributed by atoms with Crippen molar-refractivity contribution in [2.24, 2.45) is 17.8 Å². The Bertz CT molecular complexity index is 464. The lowest BCUT2D eigenvalue weighted by Gasteiger charge is -2.39. The lowest BCUT2D eigenvalue weighted by Crippen LogP contribution is -2.61. The van der Waals surface area contributed by atoms with Crippen molar-refractivity contribution in [3.63, 3.8) is 0 Å². The first-order chi connectivity index (χ1) is 11.0. The number of carbonyl (C=O) groups excluding carboxylic acids is 1. The highest BCUT2D eigenvalue weighted by molar-refractivity contribution is 5.61. The van der Waals surface area contributed by atoms with Crippen LogP contribution in [0.15, 0.2) is 0 Å². The summed E-state index contributed by atoms with van der Waals surface area (Å²) in [4.78, 5) is 11.6. The van der Waals surface area contributed by atoms with Crippen molar-refractivity contribution in [2.45, 2.75) is 77.4 Å². The Morgan fingerprint density at radius 3 is 1.72 bits per heavy atom. The maximum Gasteiger partial charge on any atom is 0.510 e. The summed E-state index contributed by atoms with van der Waals surface area (Å²) in [6, 6.07) is 0. The van der Waals surface area contributed by atoms with Gasteiger partial charge in [0.1, 0.15) is 5.60 Å². The number of halogens is 6. The van der Waals surface area contributed by atoms with E-state index < -0.39 is 42.0 Å². The summed E-state index contributed by atoms with van der Waals surface area (Å²) in [5, 5.41) is 0. The summed E-state index contributed by atoms with van der Waals surface area (Å²) >= 11 is 0. The van der Waals surface area contributed by atoms with E-state index in [-0.39, 0.29) is 18.3 Å². The minimum atomic E-state index is -5.81. The molecule has 1 aliphatic carbocycles. The van der Waals surface area contributed by atoms with Crippen LogP contribution in [-0.2, 0) is 9.47 Å². The van der Waals surface area contributed by atoms with Gasteiger partial charge in [-0.1, -0.05) is 13.8 Å². The van der Waals surface area contributed by atoms with Crippen LogP contribution in [0.4, 0.5) is 31.1 Å². The van der Waals surface area contributed by atoms with E-state index in [1.54, 1.807) is 13.8 Å². The first-order valence-corrected chi connectivity index (χ1v) is 8.04. The van der Waals surface area contributed by atoms with Gasteiger partial charge in [-0.3, -0.25) is 0 Å². The van der Waals surface area contributed by atoms with Crippen molar-refractivity contribution in [2.75, 3.05) is 0 Å². The normalized spacial score (nSPS) is 25.8. The molecule has 148 valence electrons. The fraction of sp³-hybridized carbons (Fsp3) is 0.938. The van der Waals surface area contributed by atoms with Crippen molar-refractivity contribution < 1.29 is 40.6 Å². The minimum absolute atomic E-state index is 0.0145. The van der Waals surface area contributed by atoms with Gasteiger partial charge in [0.2, 0.25) is 0 Å². The molecule has 0 aromatic rings. The molecule has 0 heterocycles. The summed E-state index contributed by atoms with van der Waals surface area (Å²) in [6.45, 7) is 7.33. The van der Waals surface area contributed by atoms with Crippen molar-refractivity contribution in [1.29, 1.82) is 0 Å².